The lowest BCUT2D eigenvalue weighted by atomic mass is 9.86. The van der Waals surface area contributed by atoms with Gasteiger partial charge < -0.3 is 5.32 Å². The van der Waals surface area contributed by atoms with Gasteiger partial charge in [-0.3, -0.25) is 0 Å². The highest BCUT2D eigenvalue weighted by Crippen LogP contribution is 2.28. The highest BCUT2D eigenvalue weighted by molar-refractivity contribution is 6.76. The minimum atomic E-state index is -0.988. The minimum absolute atomic E-state index is 0.317. The van der Waals surface area contributed by atoms with E-state index in [1.807, 2.05) is 0 Å². The fourth-order valence-corrected chi connectivity index (χ4v) is 4.61. The van der Waals surface area contributed by atoms with Crippen LogP contribution in [-0.4, -0.2) is 20.2 Å². The smallest absolute Gasteiger partial charge is 0.0483 e. The van der Waals surface area contributed by atoms with Crippen LogP contribution in [-0.2, 0) is 0 Å². The van der Waals surface area contributed by atoms with Crippen molar-refractivity contribution in [2.75, 3.05) is 6.54 Å². The molecule has 17 heavy (non-hydrogen) atoms. The fraction of sp³-hybridized carbons (Fsp3) is 0.867. The van der Waals surface area contributed by atoms with Gasteiger partial charge in [-0.1, -0.05) is 44.5 Å². The molecule has 0 amide bonds. The highest BCUT2D eigenvalue weighted by Gasteiger charge is 2.26. The zero-order chi connectivity index (χ0) is 12.9. The molecule has 0 radical (unpaired) electrons. The maximum atomic E-state index is 4.33. The quantitative estimate of drug-likeness (QED) is 0.571. The van der Waals surface area contributed by atoms with Crippen LogP contribution in [0, 0.1) is 0 Å². The predicted octanol–water partition coefficient (Wildman–Crippen LogP) is 4.58. The first-order valence-corrected chi connectivity index (χ1v) is 10.9. The molecule has 1 saturated heterocycles. The van der Waals surface area contributed by atoms with Crippen molar-refractivity contribution in [3.05, 3.63) is 12.2 Å². The molecule has 1 unspecified atom stereocenters. The van der Waals surface area contributed by atoms with E-state index in [1.54, 1.807) is 0 Å². The molecule has 0 aromatic rings. The van der Waals surface area contributed by atoms with Crippen molar-refractivity contribution in [2.45, 2.75) is 76.7 Å². The van der Waals surface area contributed by atoms with Gasteiger partial charge in [-0.15, -0.1) is 6.58 Å². The van der Waals surface area contributed by atoms with Gasteiger partial charge >= 0.3 is 0 Å². The Bertz CT molecular complexity index is 244. The molecule has 1 aliphatic rings. The first kappa shape index (κ1) is 15.0. The van der Waals surface area contributed by atoms with E-state index in [0.717, 1.165) is 0 Å². The van der Waals surface area contributed by atoms with E-state index >= 15 is 0 Å². The van der Waals surface area contributed by atoms with Gasteiger partial charge in [0.25, 0.3) is 0 Å². The topological polar surface area (TPSA) is 12.0 Å². The van der Waals surface area contributed by atoms with E-state index in [-0.39, 0.29) is 0 Å². The lowest BCUT2D eigenvalue weighted by molar-refractivity contribution is 0.295. The van der Waals surface area contributed by atoms with Crippen molar-refractivity contribution in [3.8, 4) is 0 Å². The van der Waals surface area contributed by atoms with Gasteiger partial charge in [-0.05, 0) is 38.8 Å². The van der Waals surface area contributed by atoms with Crippen LogP contribution in [0.2, 0.25) is 25.7 Å². The summed E-state index contributed by atoms with van der Waals surface area (Å²) in [6.45, 7) is 15.2. The van der Waals surface area contributed by atoms with Gasteiger partial charge in [0.05, 0.1) is 0 Å². The van der Waals surface area contributed by atoms with Crippen molar-refractivity contribution < 1.29 is 0 Å². The van der Waals surface area contributed by atoms with Crippen LogP contribution in [0.25, 0.3) is 0 Å². The maximum Gasteiger partial charge on any atom is 0.0483 e. The van der Waals surface area contributed by atoms with E-state index < -0.39 is 8.07 Å². The Balaban J connectivity index is 2.48. The van der Waals surface area contributed by atoms with Crippen LogP contribution < -0.4 is 5.32 Å². The molecule has 2 heteroatoms. The minimum Gasteiger partial charge on any atom is -0.311 e. The summed E-state index contributed by atoms with van der Waals surface area (Å²) >= 11 is 0. The molecular formula is C15H31NSi. The van der Waals surface area contributed by atoms with Gasteiger partial charge in [-0.2, -0.15) is 0 Å². The van der Waals surface area contributed by atoms with E-state index in [4.69, 9.17) is 0 Å². The fourth-order valence-electron chi connectivity index (χ4n) is 2.99. The molecule has 1 N–H and O–H groups in total. The summed E-state index contributed by atoms with van der Waals surface area (Å²) in [4.78, 5) is 0. The largest absolute Gasteiger partial charge is 0.311 e. The molecule has 1 rings (SSSR count). The standard InChI is InChI=1S/C15H31NSi/c1-14(13-17(3,4)5)12-15(2)10-8-6-7-9-11-16-15/h16H,1,6-13H2,2-5H3. The first-order valence-electron chi connectivity index (χ1n) is 7.22. The van der Waals surface area contributed by atoms with Crippen molar-refractivity contribution >= 4 is 8.07 Å². The zero-order valence-corrected chi connectivity index (χ0v) is 13.4. The second-order valence-corrected chi connectivity index (χ2v) is 12.8. The summed E-state index contributed by atoms with van der Waals surface area (Å²) in [6.07, 6.45) is 8.03. The SMILES string of the molecule is C=C(CC1(C)CCCCCCN1)C[Si](C)(C)C. The summed E-state index contributed by atoms with van der Waals surface area (Å²) in [5.41, 5.74) is 1.79. The number of rotatable bonds is 4. The Morgan fingerprint density at radius 2 is 1.82 bits per heavy atom. The summed E-state index contributed by atoms with van der Waals surface area (Å²) in [5, 5.41) is 3.77. The third-order valence-electron chi connectivity index (χ3n) is 3.63. The second-order valence-electron chi connectivity index (χ2n) is 7.32. The molecule has 1 fully saturated rings. The number of hydrogen-bond acceptors (Lipinski definition) is 1. The lowest BCUT2D eigenvalue weighted by Gasteiger charge is -2.34. The van der Waals surface area contributed by atoms with Gasteiger partial charge in [0.1, 0.15) is 0 Å². The Kier molecular flexibility index (Phi) is 5.45. The van der Waals surface area contributed by atoms with Crippen molar-refractivity contribution in [1.82, 2.24) is 5.32 Å². The summed E-state index contributed by atoms with van der Waals surface area (Å²) < 4.78 is 0. The Hall–Kier alpha value is -0.0831. The monoisotopic (exact) mass is 253 g/mol. The molecule has 0 saturated carbocycles. The molecule has 1 aliphatic heterocycles. The second kappa shape index (κ2) is 6.19. The molecule has 0 aromatic heterocycles. The molecule has 0 spiro atoms. The normalized spacial score (nSPS) is 27.3. The maximum absolute atomic E-state index is 4.33. The molecular weight excluding hydrogens is 222 g/mol. The van der Waals surface area contributed by atoms with Crippen molar-refractivity contribution in [3.63, 3.8) is 0 Å². The van der Waals surface area contributed by atoms with E-state index in [0.29, 0.717) is 5.54 Å². The first-order chi connectivity index (χ1) is 7.81. The number of hydrogen-bond donors (Lipinski definition) is 1. The molecule has 100 valence electrons. The summed E-state index contributed by atoms with van der Waals surface area (Å²) in [5.74, 6) is 0. The van der Waals surface area contributed by atoms with Gasteiger partial charge in [0, 0.05) is 13.6 Å². The van der Waals surface area contributed by atoms with E-state index in [2.05, 4.69) is 38.5 Å². The number of nitrogens with one attached hydrogen (secondary N) is 1. The van der Waals surface area contributed by atoms with Crippen LogP contribution in [0.4, 0.5) is 0 Å². The molecule has 1 atom stereocenters. The van der Waals surface area contributed by atoms with Crippen LogP contribution in [0.3, 0.4) is 0 Å². The third-order valence-corrected chi connectivity index (χ3v) is 5.19. The Morgan fingerprint density at radius 1 is 1.18 bits per heavy atom. The Morgan fingerprint density at radius 3 is 2.47 bits per heavy atom. The van der Waals surface area contributed by atoms with E-state index in [9.17, 15) is 0 Å². The third kappa shape index (κ3) is 6.42. The zero-order valence-electron chi connectivity index (χ0n) is 12.4. The van der Waals surface area contributed by atoms with Gasteiger partial charge in [0.2, 0.25) is 0 Å². The van der Waals surface area contributed by atoms with Gasteiger partial charge in [0.15, 0.2) is 0 Å². The van der Waals surface area contributed by atoms with Gasteiger partial charge in [-0.25, -0.2) is 0 Å². The van der Waals surface area contributed by atoms with Crippen LogP contribution in [0.15, 0.2) is 12.2 Å². The van der Waals surface area contributed by atoms with E-state index in [1.165, 1.54) is 56.7 Å². The van der Waals surface area contributed by atoms with Crippen molar-refractivity contribution in [1.29, 1.82) is 0 Å². The summed E-state index contributed by atoms with van der Waals surface area (Å²) in [7, 11) is -0.988. The van der Waals surface area contributed by atoms with Crippen LogP contribution in [0.5, 0.6) is 0 Å². The molecule has 1 nitrogen and oxygen atoms in total. The van der Waals surface area contributed by atoms with Crippen molar-refractivity contribution in [2.24, 2.45) is 0 Å². The summed E-state index contributed by atoms with van der Waals surface area (Å²) in [6, 6.07) is 1.28. The average molecular weight is 254 g/mol. The Labute approximate surface area is 109 Å². The molecule has 0 aromatic carbocycles. The van der Waals surface area contributed by atoms with Crippen LogP contribution in [0.1, 0.15) is 45.4 Å². The molecule has 0 bridgehead atoms. The average Bonchev–Trinajstić information content (AvgIpc) is 2.09. The lowest BCUT2D eigenvalue weighted by Crippen LogP contribution is -2.44. The van der Waals surface area contributed by atoms with Crippen LogP contribution >= 0.6 is 0 Å². The molecule has 0 aliphatic carbocycles. The molecule has 1 heterocycles. The highest BCUT2D eigenvalue weighted by atomic mass is 28.3. The predicted molar refractivity (Wildman–Crippen MR) is 81.4 cm³/mol.